The van der Waals surface area contributed by atoms with E-state index in [-0.39, 0.29) is 37.7 Å². The Morgan fingerprint density at radius 1 is 0.923 bits per heavy atom. The van der Waals surface area contributed by atoms with Gasteiger partial charge in [0.15, 0.2) is 6.29 Å². The van der Waals surface area contributed by atoms with Crippen molar-refractivity contribution in [3.8, 4) is 0 Å². The van der Waals surface area contributed by atoms with Crippen LogP contribution in [0, 0.1) is 0 Å². The number of nitrogens with zero attached hydrogens (tertiary/aromatic N) is 3. The van der Waals surface area contributed by atoms with Crippen LogP contribution < -0.4 is 15.5 Å². The maximum atomic E-state index is 13.2. The highest BCUT2D eigenvalue weighted by Crippen LogP contribution is 2.40. The zero-order valence-corrected chi connectivity index (χ0v) is 28.6. The number of aliphatic hydroxyl groups excluding tert-OH is 1. The van der Waals surface area contributed by atoms with Gasteiger partial charge in [-0.05, 0) is 61.1 Å². The van der Waals surface area contributed by atoms with Gasteiger partial charge < -0.3 is 39.9 Å². The number of piperidine rings is 1. The van der Waals surface area contributed by atoms with Crippen molar-refractivity contribution < 1.29 is 42.1 Å². The Balaban J connectivity index is 1.03. The molecular weight excluding hydrogens is 679 g/mol. The lowest BCUT2D eigenvalue weighted by Gasteiger charge is -2.45. The quantitative estimate of drug-likeness (QED) is 0.308. The molecule has 4 saturated heterocycles. The predicted octanol–water partition coefficient (Wildman–Crippen LogP) is 4.64. The molecule has 4 atom stereocenters. The first-order chi connectivity index (χ1) is 25.0. The monoisotopic (exact) mass is 721 g/mol. The van der Waals surface area contributed by atoms with E-state index in [0.717, 1.165) is 16.8 Å². The molecule has 276 valence electrons. The Kier molecular flexibility index (Phi) is 10.3. The maximum absolute atomic E-state index is 13.2. The van der Waals surface area contributed by atoms with Crippen LogP contribution in [0.15, 0.2) is 78.9 Å². The van der Waals surface area contributed by atoms with Crippen molar-refractivity contribution in [1.29, 1.82) is 0 Å². The lowest BCUT2D eigenvalue weighted by Crippen LogP contribution is -2.57. The van der Waals surface area contributed by atoms with Gasteiger partial charge >= 0.3 is 12.1 Å². The van der Waals surface area contributed by atoms with Crippen LogP contribution in [0.1, 0.15) is 61.2 Å². The fraction of sp³-hybridized carbons (Fsp3) is 0.447. The van der Waals surface area contributed by atoms with Crippen LogP contribution in [-0.4, -0.2) is 89.3 Å². The summed E-state index contributed by atoms with van der Waals surface area (Å²) in [4.78, 5) is 43.1. The molecule has 0 saturated carbocycles. The van der Waals surface area contributed by atoms with Crippen molar-refractivity contribution in [2.45, 2.75) is 75.0 Å². The minimum atomic E-state index is -5.05. The molecule has 52 heavy (non-hydrogen) atoms. The Labute approximate surface area is 299 Å². The number of benzene rings is 3. The number of carbonyl (C=O) groups excluding carboxylic acids is 3. The van der Waals surface area contributed by atoms with Gasteiger partial charge in [0.25, 0.3) is 0 Å². The third-order valence-electron chi connectivity index (χ3n) is 10.7. The number of amides is 3. The van der Waals surface area contributed by atoms with Crippen LogP contribution in [-0.2, 0) is 30.5 Å². The van der Waals surface area contributed by atoms with E-state index in [0.29, 0.717) is 68.1 Å². The molecule has 11 nitrogen and oxygen atoms in total. The van der Waals surface area contributed by atoms with Gasteiger partial charge in [0, 0.05) is 49.5 Å². The average molecular weight is 722 g/mol. The molecule has 7 rings (SSSR count). The first-order valence-electron chi connectivity index (χ1n) is 17.7. The fourth-order valence-electron chi connectivity index (χ4n) is 7.85. The second-order valence-corrected chi connectivity index (χ2v) is 13.9. The average Bonchev–Trinajstić information content (AvgIpc) is 3.77. The van der Waals surface area contributed by atoms with Crippen molar-refractivity contribution in [3.63, 3.8) is 0 Å². The summed E-state index contributed by atoms with van der Waals surface area (Å²) < 4.78 is 52.3. The Hall–Kier alpha value is -4.50. The largest absolute Gasteiger partial charge is 0.471 e. The topological polar surface area (TPSA) is 124 Å². The van der Waals surface area contributed by atoms with Gasteiger partial charge in [-0.1, -0.05) is 54.6 Å². The molecular formula is C38H42F3N5O6. The number of rotatable bonds is 8. The molecule has 3 aromatic carbocycles. The first kappa shape index (κ1) is 35.9. The van der Waals surface area contributed by atoms with Crippen molar-refractivity contribution in [2.75, 3.05) is 43.1 Å². The van der Waals surface area contributed by atoms with E-state index < -0.39 is 35.9 Å². The molecule has 4 aliphatic rings. The normalized spacial score (nSPS) is 25.0. The molecule has 0 aromatic heterocycles. The summed E-state index contributed by atoms with van der Waals surface area (Å²) in [6.07, 6.45) is -3.98. The predicted molar refractivity (Wildman–Crippen MR) is 185 cm³/mol. The number of halogens is 3. The summed E-state index contributed by atoms with van der Waals surface area (Å²) >= 11 is 0. The highest BCUT2D eigenvalue weighted by Gasteiger charge is 2.51. The van der Waals surface area contributed by atoms with E-state index in [1.165, 1.54) is 0 Å². The smallest absolute Gasteiger partial charge is 0.392 e. The third-order valence-corrected chi connectivity index (χ3v) is 10.7. The lowest BCUT2D eigenvalue weighted by atomic mass is 9.85. The molecule has 1 spiro atoms. The van der Waals surface area contributed by atoms with E-state index in [4.69, 9.17) is 9.47 Å². The van der Waals surface area contributed by atoms with Crippen LogP contribution in [0.3, 0.4) is 0 Å². The number of likely N-dealkylation sites (tertiary alicyclic amines) is 2. The summed E-state index contributed by atoms with van der Waals surface area (Å²) in [7, 11) is 0. The van der Waals surface area contributed by atoms with Gasteiger partial charge in [-0.2, -0.15) is 13.2 Å². The number of para-hydroxylation sites is 1. The standard InChI is InChI=1S/C38H42F3N5O6/c39-38(40,41)36(50)45-18-4-7-31(45)33(48)43-28-14-12-27(13-15-28)34-51-30(21-32(52-34)26-10-8-25(23-47)9-11-26)22-44-19-16-37(17-20-44)35(49)42-24-46(37)29-5-2-1-3-6-29/h1-3,5-6,8-15,30-32,34,47H,4,7,16-24H2,(H,42,49)(H,43,48)/t30-,31+,32+,34+/m1/s1. The Morgan fingerprint density at radius 2 is 1.62 bits per heavy atom. The number of nitrogens with one attached hydrogen (secondary N) is 2. The number of anilines is 2. The van der Waals surface area contributed by atoms with Crippen molar-refractivity contribution in [1.82, 2.24) is 15.1 Å². The summed E-state index contributed by atoms with van der Waals surface area (Å²) in [5.41, 5.74) is 3.19. The molecule has 0 unspecified atom stereocenters. The van der Waals surface area contributed by atoms with Gasteiger partial charge in [-0.3, -0.25) is 14.4 Å². The molecule has 3 aromatic rings. The van der Waals surface area contributed by atoms with E-state index >= 15 is 0 Å². The molecule has 3 N–H and O–H groups in total. The zero-order chi connectivity index (χ0) is 36.5. The number of hydrogen-bond donors (Lipinski definition) is 3. The van der Waals surface area contributed by atoms with Crippen LogP contribution in [0.5, 0.6) is 0 Å². The second-order valence-electron chi connectivity index (χ2n) is 13.9. The van der Waals surface area contributed by atoms with Gasteiger partial charge in [-0.15, -0.1) is 0 Å². The van der Waals surface area contributed by atoms with Crippen LogP contribution in [0.2, 0.25) is 0 Å². The Morgan fingerprint density at radius 3 is 2.29 bits per heavy atom. The highest BCUT2D eigenvalue weighted by atomic mass is 19.4. The van der Waals surface area contributed by atoms with Gasteiger partial charge in [0.05, 0.1) is 25.5 Å². The minimum Gasteiger partial charge on any atom is -0.392 e. The Bertz CT molecular complexity index is 1730. The summed E-state index contributed by atoms with van der Waals surface area (Å²) in [6.45, 7) is 2.31. The number of aliphatic hydroxyl groups is 1. The summed E-state index contributed by atoms with van der Waals surface area (Å²) in [6, 6.07) is 23.1. The summed E-state index contributed by atoms with van der Waals surface area (Å²) in [5.74, 6) is -2.63. The van der Waals surface area contributed by atoms with Crippen LogP contribution in [0.25, 0.3) is 0 Å². The molecule has 0 aliphatic carbocycles. The van der Waals surface area contributed by atoms with Crippen LogP contribution in [0.4, 0.5) is 24.5 Å². The molecule has 4 fully saturated rings. The van der Waals surface area contributed by atoms with Gasteiger partial charge in [-0.25, -0.2) is 0 Å². The molecule has 14 heteroatoms. The minimum absolute atomic E-state index is 0.0553. The van der Waals surface area contributed by atoms with Crippen molar-refractivity contribution >= 4 is 29.1 Å². The third kappa shape index (κ3) is 7.38. The van der Waals surface area contributed by atoms with E-state index in [1.54, 1.807) is 24.3 Å². The molecule has 4 aliphatic heterocycles. The van der Waals surface area contributed by atoms with Gasteiger partial charge in [0.2, 0.25) is 11.8 Å². The number of alkyl halides is 3. The van der Waals surface area contributed by atoms with Crippen molar-refractivity contribution in [3.05, 3.63) is 95.6 Å². The highest BCUT2D eigenvalue weighted by molar-refractivity contribution is 5.98. The number of carbonyl (C=O) groups is 3. The molecule has 4 heterocycles. The van der Waals surface area contributed by atoms with Crippen molar-refractivity contribution in [2.24, 2.45) is 0 Å². The first-order valence-corrected chi connectivity index (χ1v) is 17.7. The molecule has 3 amide bonds. The maximum Gasteiger partial charge on any atom is 0.471 e. The SMILES string of the molecule is O=C(Nc1ccc([C@H]2O[C@@H](CN3CCC4(CC3)C(=O)NCN4c3ccccc3)C[C@@H](c3ccc(CO)cc3)O2)cc1)[C@@H]1CCCN1C(=O)C(F)(F)F. The number of hydrogen-bond acceptors (Lipinski definition) is 8. The van der Waals surface area contributed by atoms with Crippen LogP contribution >= 0.6 is 0 Å². The van der Waals surface area contributed by atoms with E-state index in [1.807, 2.05) is 54.6 Å². The van der Waals surface area contributed by atoms with E-state index in [2.05, 4.69) is 20.4 Å². The zero-order valence-electron chi connectivity index (χ0n) is 28.6. The molecule has 0 bridgehead atoms. The molecule has 0 radical (unpaired) electrons. The van der Waals surface area contributed by atoms with E-state index in [9.17, 15) is 32.7 Å². The second kappa shape index (κ2) is 14.9. The van der Waals surface area contributed by atoms with Gasteiger partial charge in [0.1, 0.15) is 11.6 Å². The fourth-order valence-corrected chi connectivity index (χ4v) is 7.85. The lowest BCUT2D eigenvalue weighted by molar-refractivity contribution is -0.253. The summed E-state index contributed by atoms with van der Waals surface area (Å²) in [5, 5.41) is 15.3. The number of ether oxygens (including phenoxy) is 2.